The summed E-state index contributed by atoms with van der Waals surface area (Å²) < 4.78 is 13.5. The van der Waals surface area contributed by atoms with Crippen LogP contribution in [0, 0.1) is 11.7 Å². The summed E-state index contributed by atoms with van der Waals surface area (Å²) >= 11 is 1.69. The lowest BCUT2D eigenvalue weighted by Gasteiger charge is -2.35. The average Bonchev–Trinajstić information content (AvgIpc) is 3.36. The lowest BCUT2D eigenvalue weighted by atomic mass is 10.1. The highest BCUT2D eigenvalue weighted by atomic mass is 32.1. The van der Waals surface area contributed by atoms with E-state index in [2.05, 4.69) is 17.0 Å². The zero-order valence-electron chi connectivity index (χ0n) is 16.9. The minimum Gasteiger partial charge on any atom is -0.340 e. The Morgan fingerprint density at radius 2 is 1.90 bits per heavy atom. The lowest BCUT2D eigenvalue weighted by molar-refractivity contribution is -0.137. The Labute approximate surface area is 180 Å². The summed E-state index contributed by atoms with van der Waals surface area (Å²) in [5.74, 6) is -0.0693. The number of halogens is 1. The van der Waals surface area contributed by atoms with Gasteiger partial charge in [0.05, 0.1) is 5.92 Å². The van der Waals surface area contributed by atoms with E-state index in [9.17, 15) is 14.0 Å². The van der Waals surface area contributed by atoms with Crippen molar-refractivity contribution in [1.82, 2.24) is 14.7 Å². The Hall–Kier alpha value is -2.25. The van der Waals surface area contributed by atoms with Gasteiger partial charge in [0.25, 0.3) is 0 Å². The number of benzene rings is 1. The van der Waals surface area contributed by atoms with Gasteiger partial charge in [-0.05, 0) is 42.7 Å². The molecule has 3 fully saturated rings. The smallest absolute Gasteiger partial charge is 0.228 e. The summed E-state index contributed by atoms with van der Waals surface area (Å²) in [5, 5.41) is 0. The lowest BCUT2D eigenvalue weighted by Crippen LogP contribution is -2.50. The fourth-order valence-corrected chi connectivity index (χ4v) is 5.55. The van der Waals surface area contributed by atoms with Crippen LogP contribution >= 0.6 is 11.3 Å². The molecule has 5 nitrogen and oxygen atoms in total. The van der Waals surface area contributed by atoms with Crippen LogP contribution in [0.1, 0.15) is 24.1 Å². The van der Waals surface area contributed by atoms with Crippen molar-refractivity contribution in [3.05, 3.63) is 47.1 Å². The first kappa shape index (κ1) is 19.7. The van der Waals surface area contributed by atoms with Crippen molar-refractivity contribution in [3.63, 3.8) is 0 Å². The molecule has 2 aliphatic heterocycles. The Kier molecular flexibility index (Phi) is 5.33. The first-order valence-corrected chi connectivity index (χ1v) is 11.5. The van der Waals surface area contributed by atoms with E-state index in [0.29, 0.717) is 19.0 Å². The molecule has 1 aliphatic carbocycles. The third kappa shape index (κ3) is 4.14. The van der Waals surface area contributed by atoms with Gasteiger partial charge in [-0.1, -0.05) is 12.1 Å². The van der Waals surface area contributed by atoms with Crippen molar-refractivity contribution >= 4 is 23.2 Å². The van der Waals surface area contributed by atoms with Gasteiger partial charge in [-0.3, -0.25) is 14.5 Å². The molecular weight excluding hydrogens is 401 g/mol. The summed E-state index contributed by atoms with van der Waals surface area (Å²) in [6.45, 7) is 4.57. The number of amides is 2. The third-order valence-corrected chi connectivity index (χ3v) is 7.45. The van der Waals surface area contributed by atoms with Crippen LogP contribution in [0.3, 0.4) is 0 Å². The molecule has 2 saturated heterocycles. The number of carbonyl (C=O) groups excluding carboxylic acids is 2. The average molecular weight is 428 g/mol. The van der Waals surface area contributed by atoms with Gasteiger partial charge in [-0.25, -0.2) is 4.39 Å². The minimum atomic E-state index is -0.215. The molecule has 7 heteroatoms. The second kappa shape index (κ2) is 8.12. The van der Waals surface area contributed by atoms with Gasteiger partial charge in [-0.2, -0.15) is 0 Å². The highest BCUT2D eigenvalue weighted by Gasteiger charge is 2.43. The number of likely N-dealkylation sites (tertiary alicyclic amines) is 1. The molecule has 0 radical (unpaired) electrons. The largest absolute Gasteiger partial charge is 0.340 e. The van der Waals surface area contributed by atoms with E-state index < -0.39 is 0 Å². The van der Waals surface area contributed by atoms with Crippen molar-refractivity contribution in [3.8, 4) is 10.4 Å². The molecule has 0 N–H and O–H groups in total. The van der Waals surface area contributed by atoms with Crippen LogP contribution in [-0.4, -0.2) is 65.3 Å². The normalized spacial score (nSPS) is 22.7. The monoisotopic (exact) mass is 427 g/mol. The fourth-order valence-electron chi connectivity index (χ4n) is 4.50. The highest BCUT2D eigenvalue weighted by Crippen LogP contribution is 2.33. The second-order valence-electron chi connectivity index (χ2n) is 8.56. The van der Waals surface area contributed by atoms with Gasteiger partial charge >= 0.3 is 0 Å². The van der Waals surface area contributed by atoms with Crippen molar-refractivity contribution in [2.24, 2.45) is 5.92 Å². The summed E-state index contributed by atoms with van der Waals surface area (Å²) in [5.41, 5.74) is 0.910. The molecule has 0 unspecified atom stereocenters. The Bertz CT molecular complexity index is 949. The van der Waals surface area contributed by atoms with E-state index in [1.807, 2.05) is 15.9 Å². The maximum atomic E-state index is 13.5. The molecule has 5 rings (SSSR count). The number of rotatable bonds is 5. The zero-order valence-corrected chi connectivity index (χ0v) is 17.7. The molecule has 1 saturated carbocycles. The van der Waals surface area contributed by atoms with Crippen LogP contribution in [-0.2, 0) is 16.1 Å². The van der Waals surface area contributed by atoms with Crippen LogP contribution in [0.25, 0.3) is 10.4 Å². The fraction of sp³-hybridized carbons (Fsp3) is 0.478. The molecule has 2 aromatic rings. The number of hydrogen-bond donors (Lipinski definition) is 0. The summed E-state index contributed by atoms with van der Waals surface area (Å²) in [7, 11) is 0. The maximum absolute atomic E-state index is 13.5. The van der Waals surface area contributed by atoms with Gasteiger partial charge in [-0.15, -0.1) is 11.3 Å². The van der Waals surface area contributed by atoms with Gasteiger partial charge in [0.2, 0.25) is 11.8 Å². The molecular formula is C23H26FN3O2S. The van der Waals surface area contributed by atoms with Crippen molar-refractivity contribution in [2.75, 3.05) is 32.7 Å². The van der Waals surface area contributed by atoms with Crippen molar-refractivity contribution in [1.29, 1.82) is 0 Å². The SMILES string of the molecule is O=C([C@@H]1CC(=O)N(C2CC2)C1)N1CCN(Cc2ccc(-c3cccc(F)c3)s2)CC1. The van der Waals surface area contributed by atoms with Gasteiger partial charge in [0, 0.05) is 61.5 Å². The predicted octanol–water partition coefficient (Wildman–Crippen LogP) is 3.21. The number of nitrogens with zero attached hydrogens (tertiary/aromatic N) is 3. The Morgan fingerprint density at radius 1 is 1.10 bits per heavy atom. The molecule has 158 valence electrons. The van der Waals surface area contributed by atoms with E-state index >= 15 is 0 Å². The standard InChI is InChI=1S/C23H26FN3O2S/c24-18-3-1-2-16(12-18)21-7-6-20(30-21)15-25-8-10-26(11-9-25)23(29)17-13-22(28)27(14-17)19-4-5-19/h1-3,6-7,12,17,19H,4-5,8-11,13-15H2/t17-/m1/s1. The third-order valence-electron chi connectivity index (χ3n) is 6.33. The Balaban J connectivity index is 1.13. The first-order chi connectivity index (χ1) is 14.6. The van der Waals surface area contributed by atoms with E-state index in [1.54, 1.807) is 23.5 Å². The molecule has 1 atom stereocenters. The van der Waals surface area contributed by atoms with Crippen LogP contribution in [0.5, 0.6) is 0 Å². The molecule has 3 heterocycles. The molecule has 1 aromatic carbocycles. The predicted molar refractivity (Wildman–Crippen MR) is 114 cm³/mol. The van der Waals surface area contributed by atoms with Gasteiger partial charge < -0.3 is 9.80 Å². The second-order valence-corrected chi connectivity index (χ2v) is 9.72. The summed E-state index contributed by atoms with van der Waals surface area (Å²) in [6.07, 6.45) is 2.57. The molecule has 0 bridgehead atoms. The Morgan fingerprint density at radius 3 is 2.63 bits per heavy atom. The van der Waals surface area contributed by atoms with E-state index in [-0.39, 0.29) is 23.5 Å². The van der Waals surface area contributed by atoms with E-state index in [1.165, 1.54) is 10.9 Å². The van der Waals surface area contributed by atoms with Crippen LogP contribution in [0.4, 0.5) is 4.39 Å². The number of carbonyl (C=O) groups is 2. The van der Waals surface area contributed by atoms with Crippen LogP contribution < -0.4 is 0 Å². The quantitative estimate of drug-likeness (QED) is 0.736. The number of piperazine rings is 1. The summed E-state index contributed by atoms with van der Waals surface area (Å²) in [4.78, 5) is 33.6. The minimum absolute atomic E-state index is 0.149. The van der Waals surface area contributed by atoms with Crippen LogP contribution in [0.2, 0.25) is 0 Å². The van der Waals surface area contributed by atoms with E-state index in [0.717, 1.165) is 56.0 Å². The number of hydrogen-bond acceptors (Lipinski definition) is 4. The van der Waals surface area contributed by atoms with E-state index in [4.69, 9.17) is 0 Å². The number of thiophene rings is 1. The maximum Gasteiger partial charge on any atom is 0.228 e. The molecule has 30 heavy (non-hydrogen) atoms. The van der Waals surface area contributed by atoms with Crippen molar-refractivity contribution in [2.45, 2.75) is 31.8 Å². The molecule has 3 aliphatic rings. The van der Waals surface area contributed by atoms with Gasteiger partial charge in [0.15, 0.2) is 0 Å². The van der Waals surface area contributed by atoms with Gasteiger partial charge in [0.1, 0.15) is 5.82 Å². The van der Waals surface area contributed by atoms with Crippen molar-refractivity contribution < 1.29 is 14.0 Å². The molecule has 2 amide bonds. The topological polar surface area (TPSA) is 43.9 Å². The first-order valence-electron chi connectivity index (χ1n) is 10.7. The molecule has 0 spiro atoms. The zero-order chi connectivity index (χ0) is 20.7. The van der Waals surface area contributed by atoms with Crippen LogP contribution in [0.15, 0.2) is 36.4 Å². The highest BCUT2D eigenvalue weighted by molar-refractivity contribution is 7.15. The molecule has 1 aromatic heterocycles. The summed E-state index contributed by atoms with van der Waals surface area (Å²) in [6, 6.07) is 11.3.